The maximum atomic E-state index is 13.9. The molecule has 0 unspecified atom stereocenters. The Balaban J connectivity index is 1.61. The normalized spacial score (nSPS) is 17.5. The van der Waals surface area contributed by atoms with Gasteiger partial charge in [-0.2, -0.15) is 18.3 Å². The van der Waals surface area contributed by atoms with E-state index in [4.69, 9.17) is 0 Å². The lowest BCUT2D eigenvalue weighted by atomic mass is 9.81. The average molecular weight is 583 g/mol. The number of carbonyl (C=O) groups excluding carboxylic acids is 2. The van der Waals surface area contributed by atoms with Crippen molar-refractivity contribution in [3.63, 3.8) is 0 Å². The molecule has 1 aliphatic rings. The molecule has 0 aliphatic heterocycles. The largest absolute Gasteiger partial charge is 0.389 e. The van der Waals surface area contributed by atoms with Crippen LogP contribution in [0, 0.1) is 11.8 Å². The van der Waals surface area contributed by atoms with Crippen molar-refractivity contribution in [2.75, 3.05) is 0 Å². The summed E-state index contributed by atoms with van der Waals surface area (Å²) in [6.07, 6.45) is -4.46. The predicted octanol–water partition coefficient (Wildman–Crippen LogP) is 6.14. The van der Waals surface area contributed by atoms with Crippen molar-refractivity contribution in [2.45, 2.75) is 83.0 Å². The Morgan fingerprint density at radius 2 is 1.85 bits per heavy atom. The standard InChI is InChI=1S/C28H35F5N6O2/c1-16(2)14-20(35-23(40)8-12-28(31,32)33)18-4-5-19-21(15-18)37-25(36-19)24(17-6-10-27(29,30)11-7-17)38-26(41)22-9-13-34-39(22)3/h4-5,9,13,15-17,20,24H,6-8,10-12,14H2,1-3H3,(H,35,40)(H,36,37)(H,38,41)/t20-,24+/m1/s1. The van der Waals surface area contributed by atoms with E-state index < -0.39 is 48.8 Å². The van der Waals surface area contributed by atoms with Gasteiger partial charge in [0.1, 0.15) is 11.5 Å². The van der Waals surface area contributed by atoms with Crippen LogP contribution in [0.3, 0.4) is 0 Å². The Hall–Kier alpha value is -3.51. The Morgan fingerprint density at radius 1 is 1.15 bits per heavy atom. The van der Waals surface area contributed by atoms with Crippen molar-refractivity contribution in [2.24, 2.45) is 18.9 Å². The zero-order valence-corrected chi connectivity index (χ0v) is 23.2. The Bertz CT molecular complexity index is 1360. The van der Waals surface area contributed by atoms with E-state index in [1.165, 1.54) is 10.9 Å². The van der Waals surface area contributed by atoms with Crippen LogP contribution >= 0.6 is 0 Å². The molecule has 1 aromatic carbocycles. The number of alkyl halides is 5. The molecular formula is C28H35F5N6O2. The number of benzene rings is 1. The number of hydrogen-bond acceptors (Lipinski definition) is 4. The smallest absolute Gasteiger partial charge is 0.349 e. The second-order valence-corrected chi connectivity index (χ2v) is 11.2. The van der Waals surface area contributed by atoms with Gasteiger partial charge in [-0.3, -0.25) is 14.3 Å². The molecule has 3 aromatic rings. The summed E-state index contributed by atoms with van der Waals surface area (Å²) >= 11 is 0. The van der Waals surface area contributed by atoms with Gasteiger partial charge in [0.15, 0.2) is 0 Å². The Labute approximate surface area is 234 Å². The molecule has 13 heteroatoms. The summed E-state index contributed by atoms with van der Waals surface area (Å²) in [5, 5.41) is 9.71. The average Bonchev–Trinajstić information content (AvgIpc) is 3.50. The van der Waals surface area contributed by atoms with Crippen molar-refractivity contribution >= 4 is 22.8 Å². The number of aromatic amines is 1. The summed E-state index contributed by atoms with van der Waals surface area (Å²) in [5.74, 6) is -3.57. The van der Waals surface area contributed by atoms with Gasteiger partial charge in [0.2, 0.25) is 11.8 Å². The van der Waals surface area contributed by atoms with Crippen LogP contribution in [-0.4, -0.2) is 43.7 Å². The van der Waals surface area contributed by atoms with Gasteiger partial charge in [-0.05, 0) is 54.9 Å². The highest BCUT2D eigenvalue weighted by molar-refractivity contribution is 5.92. The lowest BCUT2D eigenvalue weighted by Gasteiger charge is -2.33. The Morgan fingerprint density at radius 3 is 2.46 bits per heavy atom. The number of halogens is 5. The highest BCUT2D eigenvalue weighted by Crippen LogP contribution is 2.41. The molecule has 0 spiro atoms. The van der Waals surface area contributed by atoms with E-state index in [9.17, 15) is 31.5 Å². The molecule has 41 heavy (non-hydrogen) atoms. The van der Waals surface area contributed by atoms with Crippen LogP contribution in [0.5, 0.6) is 0 Å². The highest BCUT2D eigenvalue weighted by atomic mass is 19.4. The lowest BCUT2D eigenvalue weighted by molar-refractivity contribution is -0.144. The third-order valence-corrected chi connectivity index (χ3v) is 7.47. The fourth-order valence-corrected chi connectivity index (χ4v) is 5.30. The number of fused-ring (bicyclic) bond motifs is 1. The highest BCUT2D eigenvalue weighted by Gasteiger charge is 2.39. The van der Waals surface area contributed by atoms with E-state index in [1.54, 1.807) is 31.3 Å². The summed E-state index contributed by atoms with van der Waals surface area (Å²) < 4.78 is 67.2. The van der Waals surface area contributed by atoms with E-state index in [1.807, 2.05) is 13.8 Å². The van der Waals surface area contributed by atoms with Gasteiger partial charge in [-0.15, -0.1) is 0 Å². The minimum atomic E-state index is -4.42. The molecule has 224 valence electrons. The maximum Gasteiger partial charge on any atom is 0.389 e. The number of aromatic nitrogens is 4. The first kappa shape index (κ1) is 30.4. The van der Waals surface area contributed by atoms with E-state index in [0.29, 0.717) is 34.5 Å². The van der Waals surface area contributed by atoms with Crippen LogP contribution in [0.1, 0.15) is 92.8 Å². The molecule has 8 nitrogen and oxygen atoms in total. The summed E-state index contributed by atoms with van der Waals surface area (Å²) in [7, 11) is 1.63. The second kappa shape index (κ2) is 12.2. The van der Waals surface area contributed by atoms with Crippen LogP contribution < -0.4 is 10.6 Å². The van der Waals surface area contributed by atoms with E-state index >= 15 is 0 Å². The van der Waals surface area contributed by atoms with E-state index in [0.717, 1.165) is 0 Å². The first-order valence-electron chi connectivity index (χ1n) is 13.7. The van der Waals surface area contributed by atoms with Gasteiger partial charge in [0.25, 0.3) is 5.91 Å². The maximum absolute atomic E-state index is 13.9. The van der Waals surface area contributed by atoms with Crippen molar-refractivity contribution in [1.29, 1.82) is 0 Å². The van der Waals surface area contributed by atoms with E-state index in [-0.39, 0.29) is 37.5 Å². The van der Waals surface area contributed by atoms with Crippen LogP contribution in [-0.2, 0) is 11.8 Å². The number of hydrogen-bond donors (Lipinski definition) is 3. The van der Waals surface area contributed by atoms with Crippen molar-refractivity contribution in [1.82, 2.24) is 30.4 Å². The fourth-order valence-electron chi connectivity index (χ4n) is 5.30. The van der Waals surface area contributed by atoms with Crippen molar-refractivity contribution in [3.8, 4) is 0 Å². The fraction of sp³-hybridized carbons (Fsp3) is 0.571. The summed E-state index contributed by atoms with van der Waals surface area (Å²) in [6.45, 7) is 3.90. The van der Waals surface area contributed by atoms with Crippen molar-refractivity contribution in [3.05, 3.63) is 47.5 Å². The minimum Gasteiger partial charge on any atom is -0.349 e. The first-order chi connectivity index (χ1) is 19.2. The number of nitrogens with zero attached hydrogens (tertiary/aromatic N) is 3. The first-order valence-corrected chi connectivity index (χ1v) is 13.7. The van der Waals surface area contributed by atoms with Gasteiger partial charge in [0.05, 0.1) is 29.5 Å². The number of H-pyrrole nitrogens is 1. The van der Waals surface area contributed by atoms with Gasteiger partial charge in [0, 0.05) is 32.5 Å². The number of carbonyl (C=O) groups is 2. The monoisotopic (exact) mass is 582 g/mol. The molecule has 3 N–H and O–H groups in total. The quantitative estimate of drug-likeness (QED) is 0.250. The molecule has 2 amide bonds. The number of amides is 2. The summed E-state index contributed by atoms with van der Waals surface area (Å²) in [4.78, 5) is 33.3. The second-order valence-electron chi connectivity index (χ2n) is 11.2. The number of imidazole rings is 1. The van der Waals surface area contributed by atoms with Gasteiger partial charge in [-0.1, -0.05) is 19.9 Å². The molecule has 2 aromatic heterocycles. The molecule has 2 atom stereocenters. The minimum absolute atomic E-state index is 0.145. The molecule has 0 radical (unpaired) electrons. The number of nitrogens with one attached hydrogen (secondary N) is 3. The summed E-state index contributed by atoms with van der Waals surface area (Å²) in [6, 6.07) is 5.64. The molecule has 1 aliphatic carbocycles. The molecule has 2 heterocycles. The SMILES string of the molecule is CC(C)C[C@@H](NC(=O)CCC(F)(F)F)c1ccc2nc([C@@H](NC(=O)c3ccnn3C)C3CCC(F)(F)CC3)[nH]c2c1. The van der Waals surface area contributed by atoms with Gasteiger partial charge < -0.3 is 15.6 Å². The number of rotatable bonds is 10. The van der Waals surface area contributed by atoms with Crippen LogP contribution in [0.25, 0.3) is 11.0 Å². The van der Waals surface area contributed by atoms with Gasteiger partial charge in [-0.25, -0.2) is 13.8 Å². The van der Waals surface area contributed by atoms with Crippen molar-refractivity contribution < 1.29 is 31.5 Å². The molecule has 1 fully saturated rings. The molecule has 4 rings (SSSR count). The third kappa shape index (κ3) is 8.04. The predicted molar refractivity (Wildman–Crippen MR) is 142 cm³/mol. The zero-order chi connectivity index (χ0) is 29.9. The summed E-state index contributed by atoms with van der Waals surface area (Å²) in [5.41, 5.74) is 2.16. The number of aryl methyl sites for hydroxylation is 1. The molecular weight excluding hydrogens is 547 g/mol. The topological polar surface area (TPSA) is 105 Å². The lowest BCUT2D eigenvalue weighted by Crippen LogP contribution is -2.38. The van der Waals surface area contributed by atoms with E-state index in [2.05, 4.69) is 25.7 Å². The molecule has 0 saturated heterocycles. The van der Waals surface area contributed by atoms with Gasteiger partial charge >= 0.3 is 6.18 Å². The molecule has 0 bridgehead atoms. The van der Waals surface area contributed by atoms with Crippen LogP contribution in [0.15, 0.2) is 30.5 Å². The third-order valence-electron chi connectivity index (χ3n) is 7.47. The Kier molecular flexibility index (Phi) is 9.03. The zero-order valence-electron chi connectivity index (χ0n) is 23.2. The van der Waals surface area contributed by atoms with Crippen LogP contribution in [0.4, 0.5) is 22.0 Å². The molecule has 1 saturated carbocycles. The van der Waals surface area contributed by atoms with Crippen LogP contribution in [0.2, 0.25) is 0 Å².